The van der Waals surface area contributed by atoms with Gasteiger partial charge in [0, 0.05) is 0 Å². The Morgan fingerprint density at radius 2 is 1.88 bits per heavy atom. The molecule has 0 heterocycles. The van der Waals surface area contributed by atoms with Crippen LogP contribution in [0.5, 0.6) is 5.75 Å². The Hall–Kier alpha value is -1.43. The highest BCUT2D eigenvalue weighted by Crippen LogP contribution is 2.21. The van der Waals surface area contributed by atoms with Gasteiger partial charge in [0.2, 0.25) is 0 Å². The molecule has 0 saturated heterocycles. The van der Waals surface area contributed by atoms with Crippen LogP contribution < -0.4 is 10.5 Å². The molecule has 1 rings (SSSR count). The number of ether oxygens (including phenoxy) is 1. The number of nitrogens with two attached hydrogens (primary N) is 1. The van der Waals surface area contributed by atoms with Gasteiger partial charge < -0.3 is 10.5 Å². The number of hydrogen-bond donors (Lipinski definition) is 1. The lowest BCUT2D eigenvalue weighted by molar-refractivity contribution is -0.153. The van der Waals surface area contributed by atoms with Crippen LogP contribution >= 0.6 is 11.6 Å². The molecule has 0 fully saturated rings. The number of aliphatic imine (C=N–C) groups is 1. The molecular formula is C10H10ClF3N2O. The van der Waals surface area contributed by atoms with Gasteiger partial charge in [-0.25, -0.2) is 4.99 Å². The first-order valence-electron chi connectivity index (χ1n) is 4.59. The summed E-state index contributed by atoms with van der Waals surface area (Å²) in [5.74, 6) is 0.438. The molecule has 0 aliphatic rings. The molecule has 0 aromatic heterocycles. The predicted molar refractivity (Wildman–Crippen MR) is 60.0 cm³/mol. The van der Waals surface area contributed by atoms with Crippen molar-refractivity contribution in [1.29, 1.82) is 0 Å². The van der Waals surface area contributed by atoms with E-state index in [1.807, 2.05) is 0 Å². The summed E-state index contributed by atoms with van der Waals surface area (Å²) in [4.78, 5) is 3.91. The molecule has 0 atom stereocenters. The first-order valence-corrected chi connectivity index (χ1v) is 5.13. The summed E-state index contributed by atoms with van der Waals surface area (Å²) < 4.78 is 40.1. The van der Waals surface area contributed by atoms with Gasteiger partial charge in [-0.2, -0.15) is 13.2 Å². The van der Waals surface area contributed by atoms with Crippen LogP contribution in [0, 0.1) is 0 Å². The van der Waals surface area contributed by atoms with Crippen LogP contribution in [0.4, 0.5) is 18.9 Å². The monoisotopic (exact) mass is 266 g/mol. The summed E-state index contributed by atoms with van der Waals surface area (Å²) in [5, 5.41) is 0. The van der Waals surface area contributed by atoms with E-state index in [-0.39, 0.29) is 17.5 Å². The average Bonchev–Trinajstić information content (AvgIpc) is 2.27. The second-order valence-electron chi connectivity index (χ2n) is 3.13. The van der Waals surface area contributed by atoms with Crippen molar-refractivity contribution >= 4 is 23.1 Å². The lowest BCUT2D eigenvalue weighted by Crippen LogP contribution is -2.19. The van der Waals surface area contributed by atoms with Crippen molar-refractivity contribution in [3.8, 4) is 5.75 Å². The van der Waals surface area contributed by atoms with Crippen molar-refractivity contribution in [2.75, 3.05) is 12.5 Å². The third-order valence-corrected chi connectivity index (χ3v) is 1.92. The summed E-state index contributed by atoms with van der Waals surface area (Å²) >= 11 is 5.43. The molecule has 0 amide bonds. The maximum absolute atomic E-state index is 11.9. The number of halogens is 4. The fourth-order valence-electron chi connectivity index (χ4n) is 0.978. The van der Waals surface area contributed by atoms with Crippen molar-refractivity contribution in [2.24, 2.45) is 10.7 Å². The quantitative estimate of drug-likeness (QED) is 0.517. The highest BCUT2D eigenvalue weighted by Gasteiger charge is 2.28. The van der Waals surface area contributed by atoms with Gasteiger partial charge in [0.25, 0.3) is 0 Å². The number of benzene rings is 1. The first kappa shape index (κ1) is 13.6. The Labute approximate surface area is 101 Å². The molecule has 1 aromatic carbocycles. The van der Waals surface area contributed by atoms with Gasteiger partial charge in [-0.05, 0) is 24.3 Å². The van der Waals surface area contributed by atoms with E-state index in [2.05, 4.69) is 9.73 Å². The second-order valence-corrected chi connectivity index (χ2v) is 3.40. The maximum Gasteiger partial charge on any atom is 0.422 e. The molecule has 2 N–H and O–H groups in total. The fourth-order valence-corrected chi connectivity index (χ4v) is 1.04. The predicted octanol–water partition coefficient (Wildman–Crippen LogP) is 2.86. The van der Waals surface area contributed by atoms with Crippen molar-refractivity contribution in [1.82, 2.24) is 0 Å². The maximum atomic E-state index is 11.9. The molecule has 17 heavy (non-hydrogen) atoms. The number of hydrogen-bond acceptors (Lipinski definition) is 2. The number of alkyl halides is 4. The van der Waals surface area contributed by atoms with E-state index in [0.29, 0.717) is 5.69 Å². The Morgan fingerprint density at radius 1 is 1.29 bits per heavy atom. The highest BCUT2D eigenvalue weighted by molar-refractivity contribution is 6.28. The van der Waals surface area contributed by atoms with Crippen molar-refractivity contribution in [2.45, 2.75) is 6.18 Å². The molecule has 0 aliphatic carbocycles. The molecule has 0 unspecified atom stereocenters. The SMILES string of the molecule is NC(CCl)=Nc1ccc(OCC(F)(F)F)cc1. The van der Waals surface area contributed by atoms with Crippen LogP contribution in [0.3, 0.4) is 0 Å². The van der Waals surface area contributed by atoms with E-state index in [0.717, 1.165) is 0 Å². The summed E-state index contributed by atoms with van der Waals surface area (Å²) in [6, 6.07) is 5.74. The van der Waals surface area contributed by atoms with Crippen LogP contribution in [0.1, 0.15) is 0 Å². The van der Waals surface area contributed by atoms with Gasteiger partial charge in [-0.1, -0.05) is 0 Å². The topological polar surface area (TPSA) is 47.6 Å². The Balaban J connectivity index is 2.62. The summed E-state index contributed by atoms with van der Waals surface area (Å²) in [6.45, 7) is -1.32. The Morgan fingerprint density at radius 3 is 2.35 bits per heavy atom. The summed E-state index contributed by atoms with van der Waals surface area (Å²) in [6.07, 6.45) is -4.35. The lowest BCUT2D eigenvalue weighted by atomic mass is 10.3. The number of amidine groups is 1. The van der Waals surface area contributed by atoms with Crippen LogP contribution in [-0.4, -0.2) is 24.5 Å². The zero-order valence-electron chi connectivity index (χ0n) is 8.67. The molecule has 0 aliphatic heterocycles. The van der Waals surface area contributed by atoms with E-state index in [4.69, 9.17) is 17.3 Å². The number of nitrogens with zero attached hydrogens (tertiary/aromatic N) is 1. The van der Waals surface area contributed by atoms with Crippen LogP contribution in [0.2, 0.25) is 0 Å². The Bertz CT molecular complexity index is 390. The van der Waals surface area contributed by atoms with E-state index in [1.165, 1.54) is 24.3 Å². The summed E-state index contributed by atoms with van der Waals surface area (Å²) in [5.41, 5.74) is 5.90. The van der Waals surface area contributed by atoms with Gasteiger partial charge in [0.15, 0.2) is 6.61 Å². The van der Waals surface area contributed by atoms with Crippen LogP contribution in [0.15, 0.2) is 29.3 Å². The zero-order chi connectivity index (χ0) is 12.9. The van der Waals surface area contributed by atoms with Gasteiger partial charge >= 0.3 is 6.18 Å². The molecule has 1 aromatic rings. The van der Waals surface area contributed by atoms with E-state index in [1.54, 1.807) is 0 Å². The second kappa shape index (κ2) is 5.77. The Kier molecular flexibility index (Phi) is 4.62. The van der Waals surface area contributed by atoms with Crippen LogP contribution in [-0.2, 0) is 0 Å². The smallest absolute Gasteiger partial charge is 0.422 e. The first-order chi connectivity index (χ1) is 7.90. The van der Waals surface area contributed by atoms with Gasteiger partial charge in [-0.15, -0.1) is 11.6 Å². The minimum Gasteiger partial charge on any atom is -0.484 e. The third kappa shape index (κ3) is 5.44. The number of rotatable bonds is 4. The van der Waals surface area contributed by atoms with E-state index in [9.17, 15) is 13.2 Å². The van der Waals surface area contributed by atoms with Gasteiger partial charge in [0.1, 0.15) is 11.6 Å². The van der Waals surface area contributed by atoms with Gasteiger partial charge in [-0.3, -0.25) is 0 Å². The largest absolute Gasteiger partial charge is 0.484 e. The molecule has 0 radical (unpaired) electrons. The lowest BCUT2D eigenvalue weighted by Gasteiger charge is -2.08. The van der Waals surface area contributed by atoms with Crippen molar-refractivity contribution < 1.29 is 17.9 Å². The molecule has 94 valence electrons. The average molecular weight is 267 g/mol. The molecule has 0 spiro atoms. The highest BCUT2D eigenvalue weighted by atomic mass is 35.5. The molecule has 0 saturated carbocycles. The fraction of sp³-hybridized carbons (Fsp3) is 0.300. The van der Waals surface area contributed by atoms with Gasteiger partial charge in [0.05, 0.1) is 11.6 Å². The normalized spacial score (nSPS) is 12.6. The van der Waals surface area contributed by atoms with Crippen molar-refractivity contribution in [3.05, 3.63) is 24.3 Å². The summed E-state index contributed by atoms with van der Waals surface area (Å²) in [7, 11) is 0. The molecule has 0 bridgehead atoms. The van der Waals surface area contributed by atoms with E-state index < -0.39 is 12.8 Å². The van der Waals surface area contributed by atoms with E-state index >= 15 is 0 Å². The molecule has 7 heteroatoms. The van der Waals surface area contributed by atoms with Crippen molar-refractivity contribution in [3.63, 3.8) is 0 Å². The molecular weight excluding hydrogens is 257 g/mol. The third-order valence-electron chi connectivity index (χ3n) is 1.65. The minimum atomic E-state index is -4.35. The standard InChI is InChI=1S/C10H10ClF3N2O/c11-5-9(15)16-7-1-3-8(4-2-7)17-6-10(12,13)14/h1-4H,5-6H2,(H2,15,16). The zero-order valence-corrected chi connectivity index (χ0v) is 9.42. The minimum absolute atomic E-state index is 0.0896. The molecule has 3 nitrogen and oxygen atoms in total. The van der Waals surface area contributed by atoms with Crippen LogP contribution in [0.25, 0.3) is 0 Å².